The van der Waals surface area contributed by atoms with Gasteiger partial charge < -0.3 is 15.8 Å². The van der Waals surface area contributed by atoms with Crippen LogP contribution in [0.15, 0.2) is 24.3 Å². The molecule has 1 rings (SSSR count). The van der Waals surface area contributed by atoms with Crippen LogP contribution >= 0.6 is 0 Å². The molecule has 4 nitrogen and oxygen atoms in total. The highest BCUT2D eigenvalue weighted by atomic mass is 16.5. The summed E-state index contributed by atoms with van der Waals surface area (Å²) in [4.78, 5) is 11.1. The molecule has 0 aliphatic rings. The van der Waals surface area contributed by atoms with Gasteiger partial charge in [-0.25, -0.2) is 0 Å². The maximum Gasteiger partial charge on any atom is 0.234 e. The van der Waals surface area contributed by atoms with Gasteiger partial charge in [0.15, 0.2) is 0 Å². The van der Waals surface area contributed by atoms with Gasteiger partial charge in [0, 0.05) is 0 Å². The summed E-state index contributed by atoms with van der Waals surface area (Å²) >= 11 is 0. The van der Waals surface area contributed by atoms with Gasteiger partial charge in [0.1, 0.15) is 5.75 Å². The van der Waals surface area contributed by atoms with Gasteiger partial charge in [-0.05, 0) is 24.6 Å². The van der Waals surface area contributed by atoms with Gasteiger partial charge in [0.05, 0.1) is 19.7 Å². The van der Waals surface area contributed by atoms with Crippen molar-refractivity contribution in [2.24, 2.45) is 5.73 Å². The van der Waals surface area contributed by atoms with E-state index in [9.17, 15) is 4.79 Å². The summed E-state index contributed by atoms with van der Waals surface area (Å²) < 4.78 is 5.04. The largest absolute Gasteiger partial charge is 0.497 e. The molecule has 0 aliphatic heterocycles. The SMILES string of the molecule is COc1ccc([C@@H](C)NC(=O)CN)cc1. The highest BCUT2D eigenvalue weighted by Crippen LogP contribution is 2.16. The molecule has 1 aromatic carbocycles. The zero-order valence-corrected chi connectivity index (χ0v) is 8.99. The van der Waals surface area contributed by atoms with Crippen LogP contribution in [-0.2, 0) is 4.79 Å². The highest BCUT2D eigenvalue weighted by Gasteiger charge is 2.07. The first-order valence-electron chi connectivity index (χ1n) is 4.80. The van der Waals surface area contributed by atoms with Crippen molar-refractivity contribution in [1.82, 2.24) is 5.32 Å². The first-order valence-corrected chi connectivity index (χ1v) is 4.80. The first-order chi connectivity index (χ1) is 7.17. The Hall–Kier alpha value is -1.55. The number of benzene rings is 1. The number of carbonyl (C=O) groups is 1. The van der Waals surface area contributed by atoms with Crippen LogP contribution in [0.25, 0.3) is 0 Å². The van der Waals surface area contributed by atoms with E-state index in [2.05, 4.69) is 5.32 Å². The summed E-state index contributed by atoms with van der Waals surface area (Å²) in [5, 5.41) is 2.78. The van der Waals surface area contributed by atoms with Crippen molar-refractivity contribution < 1.29 is 9.53 Å². The highest BCUT2D eigenvalue weighted by molar-refractivity contribution is 5.78. The van der Waals surface area contributed by atoms with Gasteiger partial charge in [-0.3, -0.25) is 4.79 Å². The third-order valence-electron chi connectivity index (χ3n) is 2.18. The van der Waals surface area contributed by atoms with Crippen LogP contribution in [0.2, 0.25) is 0 Å². The van der Waals surface area contributed by atoms with Crippen molar-refractivity contribution in [3.05, 3.63) is 29.8 Å². The lowest BCUT2D eigenvalue weighted by Gasteiger charge is -2.13. The van der Waals surface area contributed by atoms with Crippen molar-refractivity contribution in [1.29, 1.82) is 0 Å². The van der Waals surface area contributed by atoms with Gasteiger partial charge in [0.2, 0.25) is 5.91 Å². The fourth-order valence-corrected chi connectivity index (χ4v) is 1.28. The molecule has 0 aliphatic carbocycles. The number of rotatable bonds is 4. The van der Waals surface area contributed by atoms with Crippen molar-refractivity contribution in [2.75, 3.05) is 13.7 Å². The summed E-state index contributed by atoms with van der Waals surface area (Å²) in [6.07, 6.45) is 0. The predicted molar refractivity (Wildman–Crippen MR) is 58.6 cm³/mol. The molecule has 0 radical (unpaired) electrons. The number of hydrogen-bond acceptors (Lipinski definition) is 3. The van der Waals surface area contributed by atoms with Gasteiger partial charge in [-0.1, -0.05) is 12.1 Å². The Balaban J connectivity index is 2.65. The summed E-state index contributed by atoms with van der Waals surface area (Å²) in [7, 11) is 1.62. The smallest absolute Gasteiger partial charge is 0.234 e. The van der Waals surface area contributed by atoms with E-state index < -0.39 is 0 Å². The number of nitrogens with two attached hydrogens (primary N) is 1. The van der Waals surface area contributed by atoms with Crippen molar-refractivity contribution in [3.63, 3.8) is 0 Å². The molecule has 0 fully saturated rings. The molecule has 3 N–H and O–H groups in total. The lowest BCUT2D eigenvalue weighted by Crippen LogP contribution is -2.32. The zero-order chi connectivity index (χ0) is 11.3. The van der Waals surface area contributed by atoms with E-state index in [1.807, 2.05) is 31.2 Å². The molecule has 15 heavy (non-hydrogen) atoms. The molecule has 0 saturated heterocycles. The molecule has 0 bridgehead atoms. The standard InChI is InChI=1S/C11H16N2O2/c1-8(13-11(14)7-12)9-3-5-10(15-2)6-4-9/h3-6,8H,7,12H2,1-2H3,(H,13,14)/t8-/m1/s1. The molecule has 82 valence electrons. The van der Waals surface area contributed by atoms with E-state index in [4.69, 9.17) is 10.5 Å². The summed E-state index contributed by atoms with van der Waals surface area (Å²) in [5.41, 5.74) is 6.24. The quantitative estimate of drug-likeness (QED) is 0.770. The van der Waals surface area contributed by atoms with E-state index in [1.54, 1.807) is 7.11 Å². The maximum atomic E-state index is 11.1. The zero-order valence-electron chi connectivity index (χ0n) is 8.99. The summed E-state index contributed by atoms with van der Waals surface area (Å²) in [6, 6.07) is 7.52. The summed E-state index contributed by atoms with van der Waals surface area (Å²) in [6.45, 7) is 1.93. The van der Waals surface area contributed by atoms with Gasteiger partial charge >= 0.3 is 0 Å². The lowest BCUT2D eigenvalue weighted by molar-refractivity contribution is -0.120. The second kappa shape index (κ2) is 5.36. The van der Waals surface area contributed by atoms with Gasteiger partial charge in [-0.15, -0.1) is 0 Å². The number of amides is 1. The van der Waals surface area contributed by atoms with E-state index >= 15 is 0 Å². The van der Waals surface area contributed by atoms with Crippen LogP contribution in [0, 0.1) is 0 Å². The Morgan fingerprint density at radius 1 is 1.47 bits per heavy atom. The Morgan fingerprint density at radius 2 is 2.07 bits per heavy atom. The average Bonchev–Trinajstić information content (AvgIpc) is 2.29. The van der Waals surface area contributed by atoms with Crippen molar-refractivity contribution in [2.45, 2.75) is 13.0 Å². The van der Waals surface area contributed by atoms with Crippen LogP contribution in [0.4, 0.5) is 0 Å². The Kier molecular flexibility index (Phi) is 4.12. The fraction of sp³-hybridized carbons (Fsp3) is 0.364. The third kappa shape index (κ3) is 3.25. The minimum absolute atomic E-state index is 0.0144. The van der Waals surface area contributed by atoms with Crippen LogP contribution in [0.1, 0.15) is 18.5 Å². The van der Waals surface area contributed by atoms with E-state index in [-0.39, 0.29) is 18.5 Å². The number of methoxy groups -OCH3 is 1. The fourth-order valence-electron chi connectivity index (χ4n) is 1.28. The monoisotopic (exact) mass is 208 g/mol. The third-order valence-corrected chi connectivity index (χ3v) is 2.18. The second-order valence-corrected chi connectivity index (χ2v) is 3.27. The second-order valence-electron chi connectivity index (χ2n) is 3.27. The lowest BCUT2D eigenvalue weighted by atomic mass is 10.1. The minimum atomic E-state index is -0.154. The molecule has 0 heterocycles. The number of hydrogen-bond donors (Lipinski definition) is 2. The van der Waals surface area contributed by atoms with E-state index in [0.29, 0.717) is 0 Å². The van der Waals surface area contributed by atoms with E-state index in [1.165, 1.54) is 0 Å². The number of carbonyl (C=O) groups excluding carboxylic acids is 1. The van der Waals surface area contributed by atoms with Gasteiger partial charge in [0.25, 0.3) is 0 Å². The molecular formula is C11H16N2O2. The van der Waals surface area contributed by atoms with Crippen LogP contribution in [-0.4, -0.2) is 19.6 Å². The number of ether oxygens (including phenoxy) is 1. The van der Waals surface area contributed by atoms with Crippen LogP contribution < -0.4 is 15.8 Å². The van der Waals surface area contributed by atoms with E-state index in [0.717, 1.165) is 11.3 Å². The first kappa shape index (κ1) is 11.5. The van der Waals surface area contributed by atoms with Gasteiger partial charge in [-0.2, -0.15) is 0 Å². The molecule has 0 unspecified atom stereocenters. The average molecular weight is 208 g/mol. The van der Waals surface area contributed by atoms with Crippen molar-refractivity contribution >= 4 is 5.91 Å². The minimum Gasteiger partial charge on any atom is -0.497 e. The Bertz CT molecular complexity index is 322. The van der Waals surface area contributed by atoms with Crippen molar-refractivity contribution in [3.8, 4) is 5.75 Å². The van der Waals surface area contributed by atoms with Crippen LogP contribution in [0.5, 0.6) is 5.75 Å². The Morgan fingerprint density at radius 3 is 2.53 bits per heavy atom. The molecule has 0 saturated carbocycles. The molecule has 1 atom stereocenters. The molecule has 1 amide bonds. The normalized spacial score (nSPS) is 11.9. The maximum absolute atomic E-state index is 11.1. The van der Waals surface area contributed by atoms with Crippen LogP contribution in [0.3, 0.4) is 0 Å². The molecule has 0 aromatic heterocycles. The Labute approximate surface area is 89.4 Å². The molecular weight excluding hydrogens is 192 g/mol. The topological polar surface area (TPSA) is 64.3 Å². The molecule has 0 spiro atoms. The predicted octanol–water partition coefficient (Wildman–Crippen LogP) is 0.831. The molecule has 1 aromatic rings. The summed E-state index contributed by atoms with van der Waals surface area (Å²) in [5.74, 6) is 0.648. The number of nitrogens with one attached hydrogen (secondary N) is 1. The molecule has 4 heteroatoms.